The van der Waals surface area contributed by atoms with Crippen LogP contribution in [0.5, 0.6) is 0 Å². The number of hydrogen-bond acceptors (Lipinski definition) is 3. The molecule has 2 aromatic heterocycles. The smallest absolute Gasteiger partial charge is 0.321 e. The maximum atomic E-state index is 11.7. The van der Waals surface area contributed by atoms with Gasteiger partial charge in [-0.1, -0.05) is 0 Å². The van der Waals surface area contributed by atoms with Gasteiger partial charge in [0.05, 0.1) is 5.88 Å². The second-order valence-electron chi connectivity index (χ2n) is 3.40. The summed E-state index contributed by atoms with van der Waals surface area (Å²) < 4.78 is 3.01. The summed E-state index contributed by atoms with van der Waals surface area (Å²) >= 11 is 5.74. The van der Waals surface area contributed by atoms with E-state index < -0.39 is 11.2 Å². The molecule has 7 heteroatoms. The molecule has 0 aliphatic rings. The minimum absolute atomic E-state index is 0.205. The van der Waals surface area contributed by atoms with Crippen molar-refractivity contribution in [2.45, 2.75) is 19.3 Å². The summed E-state index contributed by atoms with van der Waals surface area (Å²) in [6.07, 6.45) is 0. The number of nitrogens with zero attached hydrogens (tertiary/aromatic N) is 3. The van der Waals surface area contributed by atoms with E-state index in [0.717, 1.165) is 0 Å². The molecule has 2 aromatic rings. The van der Waals surface area contributed by atoms with Gasteiger partial charge in [0.25, 0.3) is 5.56 Å². The Bertz CT molecular complexity index is 652. The molecule has 0 aliphatic heterocycles. The molecule has 86 valence electrons. The maximum Gasteiger partial charge on any atom is 0.329 e. The van der Waals surface area contributed by atoms with Crippen molar-refractivity contribution in [1.82, 2.24) is 19.1 Å². The van der Waals surface area contributed by atoms with Gasteiger partial charge in [0.1, 0.15) is 5.82 Å². The van der Waals surface area contributed by atoms with Crippen LogP contribution in [-0.4, -0.2) is 19.1 Å². The summed E-state index contributed by atoms with van der Waals surface area (Å²) in [5, 5.41) is 0. The van der Waals surface area contributed by atoms with Gasteiger partial charge in [-0.25, -0.2) is 9.78 Å². The number of aryl methyl sites for hydroxylation is 2. The van der Waals surface area contributed by atoms with E-state index in [0.29, 0.717) is 23.5 Å². The lowest BCUT2D eigenvalue weighted by atomic mass is 10.5. The Labute approximate surface area is 95.5 Å². The number of aromatic amines is 1. The predicted octanol–water partition coefficient (Wildman–Crippen LogP) is 0.182. The Hall–Kier alpha value is -1.56. The lowest BCUT2D eigenvalue weighted by Crippen LogP contribution is -2.29. The highest BCUT2D eigenvalue weighted by Gasteiger charge is 2.14. The van der Waals surface area contributed by atoms with E-state index >= 15 is 0 Å². The summed E-state index contributed by atoms with van der Waals surface area (Å²) in [5.74, 6) is 0.793. The van der Waals surface area contributed by atoms with E-state index in [9.17, 15) is 9.59 Å². The fourth-order valence-electron chi connectivity index (χ4n) is 1.72. The highest BCUT2D eigenvalue weighted by molar-refractivity contribution is 6.16. The SMILES string of the molecule is CCn1c(CCl)nc2c1c(=O)[nH]c(=O)n2C. The molecule has 0 amide bonds. The van der Waals surface area contributed by atoms with Crippen LogP contribution in [-0.2, 0) is 19.5 Å². The maximum absolute atomic E-state index is 11.7. The van der Waals surface area contributed by atoms with E-state index in [1.807, 2.05) is 6.92 Å². The molecule has 0 spiro atoms. The number of rotatable bonds is 2. The molecule has 1 N–H and O–H groups in total. The third-order valence-corrected chi connectivity index (χ3v) is 2.76. The van der Waals surface area contributed by atoms with Crippen molar-refractivity contribution in [1.29, 1.82) is 0 Å². The van der Waals surface area contributed by atoms with Crippen LogP contribution in [0.25, 0.3) is 11.2 Å². The normalized spacial score (nSPS) is 11.2. The van der Waals surface area contributed by atoms with Gasteiger partial charge in [-0.2, -0.15) is 0 Å². The third kappa shape index (κ3) is 1.37. The molecule has 0 unspecified atom stereocenters. The Morgan fingerprint density at radius 2 is 2.12 bits per heavy atom. The van der Waals surface area contributed by atoms with Gasteiger partial charge in [-0.05, 0) is 6.92 Å². The highest BCUT2D eigenvalue weighted by Crippen LogP contribution is 2.11. The molecular weight excluding hydrogens is 232 g/mol. The number of halogens is 1. The molecule has 0 saturated heterocycles. The predicted molar refractivity (Wildman–Crippen MR) is 60.8 cm³/mol. The third-order valence-electron chi connectivity index (χ3n) is 2.52. The monoisotopic (exact) mass is 242 g/mol. The van der Waals surface area contributed by atoms with E-state index in [-0.39, 0.29) is 5.88 Å². The first-order valence-corrected chi connectivity index (χ1v) is 5.38. The van der Waals surface area contributed by atoms with Crippen molar-refractivity contribution in [3.8, 4) is 0 Å². The molecule has 0 radical (unpaired) electrons. The van der Waals surface area contributed by atoms with Crippen LogP contribution >= 0.6 is 11.6 Å². The summed E-state index contributed by atoms with van der Waals surface area (Å²) in [5.41, 5.74) is -0.144. The van der Waals surface area contributed by atoms with Gasteiger partial charge in [-0.3, -0.25) is 14.3 Å². The molecule has 2 rings (SSSR count). The van der Waals surface area contributed by atoms with Crippen molar-refractivity contribution in [3.05, 3.63) is 26.7 Å². The molecular formula is C9H11ClN4O2. The first-order valence-electron chi connectivity index (χ1n) is 4.84. The first kappa shape index (κ1) is 10.9. The second kappa shape index (κ2) is 3.79. The van der Waals surface area contributed by atoms with Crippen molar-refractivity contribution >= 4 is 22.8 Å². The van der Waals surface area contributed by atoms with Crippen molar-refractivity contribution in [3.63, 3.8) is 0 Å². The van der Waals surface area contributed by atoms with Crippen LogP contribution in [0.2, 0.25) is 0 Å². The molecule has 16 heavy (non-hydrogen) atoms. The van der Waals surface area contributed by atoms with Gasteiger partial charge in [0, 0.05) is 13.6 Å². The zero-order chi connectivity index (χ0) is 11.9. The summed E-state index contributed by atoms with van der Waals surface area (Å²) in [6.45, 7) is 2.47. The van der Waals surface area contributed by atoms with Crippen LogP contribution in [0.15, 0.2) is 9.59 Å². The number of fused-ring (bicyclic) bond motifs is 1. The average molecular weight is 243 g/mol. The van der Waals surface area contributed by atoms with Crippen LogP contribution in [0.1, 0.15) is 12.7 Å². The van der Waals surface area contributed by atoms with Crippen LogP contribution in [0.3, 0.4) is 0 Å². The zero-order valence-electron chi connectivity index (χ0n) is 8.95. The Kier molecular flexibility index (Phi) is 2.59. The number of imidazole rings is 1. The Morgan fingerprint density at radius 3 is 2.69 bits per heavy atom. The van der Waals surface area contributed by atoms with Gasteiger partial charge >= 0.3 is 5.69 Å². The largest absolute Gasteiger partial charge is 0.329 e. The fraction of sp³-hybridized carbons (Fsp3) is 0.444. The van der Waals surface area contributed by atoms with Crippen molar-refractivity contribution in [2.75, 3.05) is 0 Å². The van der Waals surface area contributed by atoms with Crippen LogP contribution in [0.4, 0.5) is 0 Å². The lowest BCUT2D eigenvalue weighted by molar-refractivity contribution is 0.743. The van der Waals surface area contributed by atoms with Gasteiger partial charge < -0.3 is 4.57 Å². The second-order valence-corrected chi connectivity index (χ2v) is 3.66. The minimum atomic E-state index is -0.473. The van der Waals surface area contributed by atoms with Crippen LogP contribution < -0.4 is 11.2 Å². The Morgan fingerprint density at radius 1 is 1.44 bits per heavy atom. The minimum Gasteiger partial charge on any atom is -0.321 e. The molecule has 0 aromatic carbocycles. The average Bonchev–Trinajstić information content (AvgIpc) is 2.64. The molecule has 0 atom stereocenters. The first-order chi connectivity index (χ1) is 7.60. The van der Waals surface area contributed by atoms with Gasteiger partial charge in [0.15, 0.2) is 11.2 Å². The van der Waals surface area contributed by atoms with Crippen molar-refractivity contribution < 1.29 is 0 Å². The van der Waals surface area contributed by atoms with Gasteiger partial charge in [0.2, 0.25) is 0 Å². The van der Waals surface area contributed by atoms with Crippen LogP contribution in [0, 0.1) is 0 Å². The number of alkyl halides is 1. The molecule has 0 fully saturated rings. The summed E-state index contributed by atoms with van der Waals surface area (Å²) in [7, 11) is 1.56. The summed E-state index contributed by atoms with van der Waals surface area (Å²) in [4.78, 5) is 29.5. The topological polar surface area (TPSA) is 72.7 Å². The van der Waals surface area contributed by atoms with E-state index in [2.05, 4.69) is 9.97 Å². The zero-order valence-corrected chi connectivity index (χ0v) is 9.71. The molecule has 0 bridgehead atoms. The number of H-pyrrole nitrogens is 1. The van der Waals surface area contributed by atoms with E-state index in [1.54, 1.807) is 11.6 Å². The van der Waals surface area contributed by atoms with E-state index in [4.69, 9.17) is 11.6 Å². The van der Waals surface area contributed by atoms with Gasteiger partial charge in [-0.15, -0.1) is 11.6 Å². The van der Waals surface area contributed by atoms with Crippen molar-refractivity contribution in [2.24, 2.45) is 7.05 Å². The van der Waals surface area contributed by atoms with E-state index in [1.165, 1.54) is 4.57 Å². The number of nitrogens with one attached hydrogen (secondary N) is 1. The quantitative estimate of drug-likeness (QED) is 0.764. The molecule has 0 saturated carbocycles. The molecule has 2 heterocycles. The fourth-order valence-corrected chi connectivity index (χ4v) is 1.93. The Balaban J connectivity index is 3.03. The lowest BCUT2D eigenvalue weighted by Gasteiger charge is -2.02. The standard InChI is InChI=1S/C9H11ClN4O2/c1-3-14-5(4-10)11-7-6(14)8(15)12-9(16)13(7)2/h3-4H2,1-2H3,(H,12,15,16). The number of hydrogen-bond donors (Lipinski definition) is 1. The number of aromatic nitrogens is 4. The highest BCUT2D eigenvalue weighted by atomic mass is 35.5. The molecule has 6 nitrogen and oxygen atoms in total. The summed E-state index contributed by atoms with van der Waals surface area (Å²) in [6, 6.07) is 0. The molecule has 0 aliphatic carbocycles.